The van der Waals surface area contributed by atoms with Crippen LogP contribution >= 0.6 is 0 Å². The van der Waals surface area contributed by atoms with Gasteiger partial charge in [-0.25, -0.2) is 9.59 Å². The van der Waals surface area contributed by atoms with Gasteiger partial charge in [0.05, 0.1) is 40.7 Å². The van der Waals surface area contributed by atoms with Gasteiger partial charge in [0, 0.05) is 22.8 Å². The number of pyridine rings is 1. The fourth-order valence-corrected chi connectivity index (χ4v) is 3.77. The summed E-state index contributed by atoms with van der Waals surface area (Å²) in [7, 11) is 1.20. The molecule has 2 heterocycles. The van der Waals surface area contributed by atoms with E-state index in [1.54, 1.807) is 6.07 Å². The smallest absolute Gasteiger partial charge is 0.337 e. The minimum absolute atomic E-state index is 0.0320. The van der Waals surface area contributed by atoms with E-state index in [1.807, 2.05) is 26.0 Å². The zero-order valence-corrected chi connectivity index (χ0v) is 18.5. The SMILES string of the molecule is COC(=O)c1cc(Nc2c(C(N)=O)cnc3cc(-c4c(C)noc4C)ccc23)cc(C(=O)O)c1. The molecule has 0 saturated heterocycles. The summed E-state index contributed by atoms with van der Waals surface area (Å²) in [5, 5.41) is 17.0. The van der Waals surface area contributed by atoms with Crippen LogP contribution in [0.5, 0.6) is 0 Å². The molecule has 10 heteroatoms. The Morgan fingerprint density at radius 2 is 1.82 bits per heavy atom. The second-order valence-corrected chi connectivity index (χ2v) is 7.56. The molecule has 0 unspecified atom stereocenters. The maximum atomic E-state index is 12.1. The minimum Gasteiger partial charge on any atom is -0.478 e. The number of aryl methyl sites for hydroxylation is 2. The molecule has 4 rings (SSSR count). The number of nitrogens with one attached hydrogen (secondary N) is 1. The first-order valence-corrected chi connectivity index (χ1v) is 10.1. The summed E-state index contributed by atoms with van der Waals surface area (Å²) in [5.74, 6) is -2.00. The molecule has 0 aliphatic heterocycles. The number of carboxylic acid groups (broad SMARTS) is 1. The number of carboxylic acids is 1. The fourth-order valence-electron chi connectivity index (χ4n) is 3.77. The third-order valence-electron chi connectivity index (χ3n) is 5.33. The average molecular weight is 460 g/mol. The molecule has 0 fully saturated rings. The van der Waals surface area contributed by atoms with E-state index >= 15 is 0 Å². The highest BCUT2D eigenvalue weighted by molar-refractivity contribution is 6.08. The summed E-state index contributed by atoms with van der Waals surface area (Å²) in [6.07, 6.45) is 1.34. The van der Waals surface area contributed by atoms with E-state index in [-0.39, 0.29) is 22.4 Å². The van der Waals surface area contributed by atoms with Gasteiger partial charge in [-0.2, -0.15) is 0 Å². The van der Waals surface area contributed by atoms with Crippen LogP contribution in [0, 0.1) is 13.8 Å². The van der Waals surface area contributed by atoms with E-state index in [2.05, 4.69) is 15.5 Å². The normalized spacial score (nSPS) is 10.8. The van der Waals surface area contributed by atoms with Gasteiger partial charge in [0.2, 0.25) is 0 Å². The zero-order chi connectivity index (χ0) is 24.6. The van der Waals surface area contributed by atoms with E-state index < -0.39 is 17.8 Å². The molecule has 0 aliphatic carbocycles. The minimum atomic E-state index is -1.23. The number of aromatic carboxylic acids is 1. The van der Waals surface area contributed by atoms with E-state index in [0.29, 0.717) is 22.4 Å². The van der Waals surface area contributed by atoms with Gasteiger partial charge in [0.1, 0.15) is 5.76 Å². The number of anilines is 2. The number of fused-ring (bicyclic) bond motifs is 1. The van der Waals surface area contributed by atoms with E-state index in [4.69, 9.17) is 15.0 Å². The second kappa shape index (κ2) is 8.66. The molecule has 2 aromatic carbocycles. The lowest BCUT2D eigenvalue weighted by atomic mass is 10.0. The molecule has 34 heavy (non-hydrogen) atoms. The number of rotatable bonds is 6. The lowest BCUT2D eigenvalue weighted by Crippen LogP contribution is -2.14. The van der Waals surface area contributed by atoms with Crippen LogP contribution in [-0.2, 0) is 4.74 Å². The number of aromatic nitrogens is 2. The van der Waals surface area contributed by atoms with Crippen molar-refractivity contribution in [2.75, 3.05) is 12.4 Å². The highest BCUT2D eigenvalue weighted by Crippen LogP contribution is 2.34. The van der Waals surface area contributed by atoms with Crippen LogP contribution in [0.3, 0.4) is 0 Å². The third-order valence-corrected chi connectivity index (χ3v) is 5.33. The number of amides is 1. The van der Waals surface area contributed by atoms with Crippen LogP contribution in [0.4, 0.5) is 11.4 Å². The van der Waals surface area contributed by atoms with Gasteiger partial charge in [-0.1, -0.05) is 17.3 Å². The van der Waals surface area contributed by atoms with E-state index in [1.165, 1.54) is 31.5 Å². The molecule has 4 aromatic rings. The van der Waals surface area contributed by atoms with Crippen molar-refractivity contribution in [3.05, 3.63) is 70.7 Å². The number of nitrogens with zero attached hydrogens (tertiary/aromatic N) is 2. The van der Waals surface area contributed by atoms with Crippen LogP contribution in [-0.4, -0.2) is 40.2 Å². The number of nitrogens with two attached hydrogens (primary N) is 1. The lowest BCUT2D eigenvalue weighted by Gasteiger charge is -2.15. The summed E-state index contributed by atoms with van der Waals surface area (Å²) in [6, 6.07) is 9.39. The Hall–Kier alpha value is -4.73. The van der Waals surface area contributed by atoms with Crippen molar-refractivity contribution in [2.24, 2.45) is 5.73 Å². The number of ether oxygens (including phenoxy) is 1. The Bertz CT molecular complexity index is 1450. The van der Waals surface area contributed by atoms with Gasteiger partial charge in [0.25, 0.3) is 5.91 Å². The molecule has 1 amide bonds. The first kappa shape index (κ1) is 22.5. The first-order chi connectivity index (χ1) is 16.2. The second-order valence-electron chi connectivity index (χ2n) is 7.56. The number of carbonyl (C=O) groups is 3. The maximum absolute atomic E-state index is 12.1. The summed E-state index contributed by atoms with van der Waals surface area (Å²) < 4.78 is 9.98. The molecule has 2 aromatic heterocycles. The number of primary amides is 1. The van der Waals surface area contributed by atoms with Crippen LogP contribution in [0.1, 0.15) is 42.5 Å². The van der Waals surface area contributed by atoms with Crippen molar-refractivity contribution in [1.82, 2.24) is 10.1 Å². The number of methoxy groups -OCH3 is 1. The number of carbonyl (C=O) groups excluding carboxylic acids is 2. The fraction of sp³-hybridized carbons (Fsp3) is 0.125. The van der Waals surface area contributed by atoms with Crippen LogP contribution in [0.15, 0.2) is 47.1 Å². The standard InChI is InChI=1S/C24H20N4O6/c1-11-20(12(2)34-28-11)13-4-5-17-19(9-13)26-10-18(22(25)29)21(17)27-16-7-14(23(30)31)6-15(8-16)24(32)33-3/h4-10H,1-3H3,(H2,25,29)(H,26,27)(H,30,31). The predicted molar refractivity (Wildman–Crippen MR) is 123 cm³/mol. The molecular formula is C24H20N4O6. The Morgan fingerprint density at radius 1 is 1.09 bits per heavy atom. The Balaban J connectivity index is 1.88. The monoisotopic (exact) mass is 460 g/mol. The summed E-state index contributed by atoms with van der Waals surface area (Å²) >= 11 is 0. The first-order valence-electron chi connectivity index (χ1n) is 10.1. The molecule has 4 N–H and O–H groups in total. The average Bonchev–Trinajstić information content (AvgIpc) is 3.15. The number of esters is 1. The zero-order valence-electron chi connectivity index (χ0n) is 18.5. The van der Waals surface area contributed by atoms with Crippen molar-refractivity contribution in [1.29, 1.82) is 0 Å². The molecule has 0 bridgehead atoms. The van der Waals surface area contributed by atoms with Gasteiger partial charge >= 0.3 is 11.9 Å². The van der Waals surface area contributed by atoms with Crippen LogP contribution < -0.4 is 11.1 Å². The van der Waals surface area contributed by atoms with Crippen molar-refractivity contribution < 1.29 is 28.8 Å². The molecule has 0 spiro atoms. The lowest BCUT2D eigenvalue weighted by molar-refractivity contribution is 0.0600. The topological polar surface area (TPSA) is 158 Å². The Kier molecular flexibility index (Phi) is 5.72. The molecule has 0 atom stereocenters. The van der Waals surface area contributed by atoms with Crippen molar-refractivity contribution in [3.63, 3.8) is 0 Å². The molecule has 0 radical (unpaired) electrons. The third kappa shape index (κ3) is 4.04. The quantitative estimate of drug-likeness (QED) is 0.364. The van der Waals surface area contributed by atoms with Crippen molar-refractivity contribution in [3.8, 4) is 11.1 Å². The van der Waals surface area contributed by atoms with Gasteiger partial charge in [-0.15, -0.1) is 0 Å². The summed E-state index contributed by atoms with van der Waals surface area (Å²) in [5.41, 5.74) is 9.09. The summed E-state index contributed by atoms with van der Waals surface area (Å²) in [4.78, 5) is 40.2. The van der Waals surface area contributed by atoms with Crippen molar-refractivity contribution in [2.45, 2.75) is 13.8 Å². The van der Waals surface area contributed by atoms with Crippen molar-refractivity contribution >= 4 is 40.1 Å². The van der Waals surface area contributed by atoms with Crippen LogP contribution in [0.25, 0.3) is 22.0 Å². The number of hydrogen-bond acceptors (Lipinski definition) is 8. The Labute approximate surface area is 193 Å². The maximum Gasteiger partial charge on any atom is 0.337 e. The van der Waals surface area contributed by atoms with Gasteiger partial charge in [-0.3, -0.25) is 9.78 Å². The predicted octanol–water partition coefficient (Wildman–Crippen LogP) is 3.83. The largest absolute Gasteiger partial charge is 0.478 e. The number of hydrogen-bond donors (Lipinski definition) is 3. The highest BCUT2D eigenvalue weighted by Gasteiger charge is 2.19. The molecule has 10 nitrogen and oxygen atoms in total. The molecule has 0 aliphatic rings. The number of benzene rings is 2. The van der Waals surface area contributed by atoms with E-state index in [9.17, 15) is 19.5 Å². The Morgan fingerprint density at radius 3 is 2.44 bits per heavy atom. The molecule has 172 valence electrons. The molecular weight excluding hydrogens is 440 g/mol. The van der Waals surface area contributed by atoms with Gasteiger partial charge in [0.15, 0.2) is 0 Å². The highest BCUT2D eigenvalue weighted by atomic mass is 16.5. The van der Waals surface area contributed by atoms with Gasteiger partial charge in [-0.05, 0) is 43.7 Å². The van der Waals surface area contributed by atoms with Gasteiger partial charge < -0.3 is 25.4 Å². The van der Waals surface area contributed by atoms with Crippen LogP contribution in [0.2, 0.25) is 0 Å². The summed E-state index contributed by atoms with van der Waals surface area (Å²) in [6.45, 7) is 3.64. The van der Waals surface area contributed by atoms with E-state index in [0.717, 1.165) is 16.8 Å². The molecule has 0 saturated carbocycles.